The lowest BCUT2D eigenvalue weighted by Gasteiger charge is -2.44. The van der Waals surface area contributed by atoms with Crippen LogP contribution in [0.5, 0.6) is 0 Å². The highest BCUT2D eigenvalue weighted by Gasteiger charge is 2.50. The summed E-state index contributed by atoms with van der Waals surface area (Å²) in [5, 5.41) is 0. The number of hydrogen-bond donors (Lipinski definition) is 0. The van der Waals surface area contributed by atoms with E-state index in [1.807, 2.05) is 60.7 Å². The molecule has 2 aromatic rings. The molecule has 0 spiro atoms. The zero-order valence-corrected chi connectivity index (χ0v) is 18.2. The number of rotatable bonds is 4. The summed E-state index contributed by atoms with van der Waals surface area (Å²) in [6.07, 6.45) is 4.55. The van der Waals surface area contributed by atoms with Gasteiger partial charge in [-0.1, -0.05) is 60.7 Å². The van der Waals surface area contributed by atoms with E-state index in [2.05, 4.69) is 14.1 Å². The lowest BCUT2D eigenvalue weighted by Crippen LogP contribution is -3.00. The first-order valence-corrected chi connectivity index (χ1v) is 9.69. The molecule has 2 aliphatic rings. The van der Waals surface area contributed by atoms with Crippen molar-refractivity contribution in [2.75, 3.05) is 14.1 Å². The Bertz CT molecular complexity index is 707. The Morgan fingerprint density at radius 1 is 0.889 bits per heavy atom. The number of halogens is 1. The van der Waals surface area contributed by atoms with Gasteiger partial charge < -0.3 is 33.2 Å². The summed E-state index contributed by atoms with van der Waals surface area (Å²) in [6, 6.07) is 21.2. The van der Waals surface area contributed by atoms with Crippen LogP contribution in [0.1, 0.15) is 42.7 Å². The molecule has 144 valence electrons. The van der Waals surface area contributed by atoms with Crippen molar-refractivity contribution in [3.63, 3.8) is 0 Å². The Morgan fingerprint density at radius 2 is 1.33 bits per heavy atom. The molecule has 2 fully saturated rings. The second-order valence-electron chi connectivity index (χ2n) is 8.30. The van der Waals surface area contributed by atoms with Crippen molar-refractivity contribution in [3.05, 3.63) is 71.8 Å². The molecule has 0 aliphatic carbocycles. The van der Waals surface area contributed by atoms with Gasteiger partial charge in [-0.2, -0.15) is 0 Å². The molecule has 2 saturated heterocycles. The molecular formula is C23H28INO2. The van der Waals surface area contributed by atoms with Gasteiger partial charge in [-0.15, -0.1) is 0 Å². The monoisotopic (exact) mass is 477 g/mol. The van der Waals surface area contributed by atoms with E-state index in [1.54, 1.807) is 0 Å². The number of carbonyl (C=O) groups excluding carboxylic acids is 1. The van der Waals surface area contributed by atoms with Crippen LogP contribution in [0.15, 0.2) is 60.7 Å². The molecule has 0 N–H and O–H groups in total. The first-order valence-electron chi connectivity index (χ1n) is 9.69. The summed E-state index contributed by atoms with van der Waals surface area (Å²) >= 11 is 0. The maximum absolute atomic E-state index is 13.2. The molecule has 1 unspecified atom stereocenters. The lowest BCUT2D eigenvalue weighted by atomic mass is 9.91. The van der Waals surface area contributed by atoms with Crippen LogP contribution in [-0.2, 0) is 9.53 Å². The van der Waals surface area contributed by atoms with Gasteiger partial charge in [0, 0.05) is 25.7 Å². The van der Waals surface area contributed by atoms with Crippen LogP contribution in [-0.4, -0.2) is 42.7 Å². The molecule has 0 saturated carbocycles. The Kier molecular flexibility index (Phi) is 6.26. The van der Waals surface area contributed by atoms with Crippen molar-refractivity contribution in [1.82, 2.24) is 0 Å². The Labute approximate surface area is 179 Å². The summed E-state index contributed by atoms with van der Waals surface area (Å²) in [4.78, 5) is 13.2. The Morgan fingerprint density at radius 3 is 1.78 bits per heavy atom. The number of hydrogen-bond acceptors (Lipinski definition) is 2. The van der Waals surface area contributed by atoms with Gasteiger partial charge in [0.25, 0.3) is 0 Å². The molecule has 0 aromatic heterocycles. The number of ether oxygens (including phenoxy) is 1. The van der Waals surface area contributed by atoms with E-state index in [0.29, 0.717) is 12.1 Å². The van der Waals surface area contributed by atoms with Crippen LogP contribution in [0.3, 0.4) is 0 Å². The number of benzene rings is 2. The number of piperidine rings is 1. The Balaban J connectivity index is 0.00000210. The normalized spacial score (nSPS) is 25.7. The van der Waals surface area contributed by atoms with E-state index < -0.39 is 0 Å². The summed E-state index contributed by atoms with van der Waals surface area (Å²) in [6.45, 7) is 0. The maximum atomic E-state index is 13.2. The zero-order chi connectivity index (χ0) is 18.1. The highest BCUT2D eigenvalue weighted by atomic mass is 127. The van der Waals surface area contributed by atoms with E-state index in [1.165, 1.54) is 12.8 Å². The van der Waals surface area contributed by atoms with Crippen molar-refractivity contribution < 1.29 is 38.0 Å². The van der Waals surface area contributed by atoms with Crippen LogP contribution in [0.2, 0.25) is 0 Å². The van der Waals surface area contributed by atoms with Gasteiger partial charge in [0.05, 0.1) is 26.2 Å². The molecule has 0 amide bonds. The largest absolute Gasteiger partial charge is 1.00 e. The maximum Gasteiger partial charge on any atom is 0.318 e. The third-order valence-corrected chi connectivity index (χ3v) is 6.57. The van der Waals surface area contributed by atoms with E-state index in [-0.39, 0.29) is 42.0 Å². The highest BCUT2D eigenvalue weighted by Crippen LogP contribution is 2.41. The molecular weight excluding hydrogens is 449 g/mol. The van der Waals surface area contributed by atoms with E-state index in [0.717, 1.165) is 28.5 Å². The number of esters is 1. The molecule has 27 heavy (non-hydrogen) atoms. The van der Waals surface area contributed by atoms with Gasteiger partial charge in [-0.05, 0) is 11.1 Å². The molecule has 2 heterocycles. The number of quaternary nitrogens is 1. The first kappa shape index (κ1) is 20.3. The minimum absolute atomic E-state index is 0. The molecule has 2 aromatic carbocycles. The molecule has 2 bridgehead atoms. The minimum Gasteiger partial charge on any atom is -1.00 e. The average Bonchev–Trinajstić information content (AvgIpc) is 2.81. The standard InChI is InChI=1S/C23H28NO2.HI/c1-24(2)19-13-14-20(24)16-21(15-19)26-23(25)22(17-9-5-3-6-10-17)18-11-7-4-8-12-18;/h3-12,19-22H,13-16H2,1-2H3;1H/q+1;/p-1/t19-,20+,21?;. The van der Waals surface area contributed by atoms with Crippen molar-refractivity contribution in [2.45, 2.75) is 49.8 Å². The second-order valence-corrected chi connectivity index (χ2v) is 8.30. The van der Waals surface area contributed by atoms with Gasteiger partial charge >= 0.3 is 5.97 Å². The molecule has 3 nitrogen and oxygen atoms in total. The highest BCUT2D eigenvalue weighted by molar-refractivity contribution is 5.82. The summed E-state index contributed by atoms with van der Waals surface area (Å²) in [5.74, 6) is -0.460. The van der Waals surface area contributed by atoms with Crippen LogP contribution >= 0.6 is 0 Å². The third kappa shape index (κ3) is 4.06. The van der Waals surface area contributed by atoms with Crippen molar-refractivity contribution in [3.8, 4) is 0 Å². The lowest BCUT2D eigenvalue weighted by molar-refractivity contribution is -0.931. The number of fused-ring (bicyclic) bond motifs is 2. The van der Waals surface area contributed by atoms with Crippen molar-refractivity contribution >= 4 is 5.97 Å². The fourth-order valence-corrected chi connectivity index (χ4v) is 4.91. The zero-order valence-electron chi connectivity index (χ0n) is 16.1. The summed E-state index contributed by atoms with van der Waals surface area (Å²) in [7, 11) is 4.66. The molecule has 0 radical (unpaired) electrons. The van der Waals surface area contributed by atoms with Crippen molar-refractivity contribution in [1.29, 1.82) is 0 Å². The molecule has 4 rings (SSSR count). The quantitative estimate of drug-likeness (QED) is 0.375. The first-order chi connectivity index (χ1) is 12.6. The topological polar surface area (TPSA) is 26.3 Å². The fraction of sp³-hybridized carbons (Fsp3) is 0.435. The summed E-state index contributed by atoms with van der Waals surface area (Å²) < 4.78 is 7.18. The van der Waals surface area contributed by atoms with Gasteiger partial charge in [-0.3, -0.25) is 4.79 Å². The van der Waals surface area contributed by atoms with Crippen LogP contribution in [0.25, 0.3) is 0 Å². The smallest absolute Gasteiger partial charge is 0.318 e. The molecule has 3 atom stereocenters. The van der Waals surface area contributed by atoms with Gasteiger partial charge in [0.1, 0.15) is 12.0 Å². The minimum atomic E-state index is -0.348. The predicted octanol–water partition coefficient (Wildman–Crippen LogP) is 1.14. The Hall–Kier alpha value is -1.40. The van der Waals surface area contributed by atoms with Crippen LogP contribution < -0.4 is 24.0 Å². The number of carbonyl (C=O) groups is 1. The number of nitrogens with zero attached hydrogens (tertiary/aromatic N) is 1. The van der Waals surface area contributed by atoms with Crippen LogP contribution in [0, 0.1) is 0 Å². The van der Waals surface area contributed by atoms with Crippen LogP contribution in [0.4, 0.5) is 0 Å². The van der Waals surface area contributed by atoms with Crippen molar-refractivity contribution in [2.24, 2.45) is 0 Å². The molecule has 2 aliphatic heterocycles. The van der Waals surface area contributed by atoms with Gasteiger partial charge in [-0.25, -0.2) is 0 Å². The summed E-state index contributed by atoms with van der Waals surface area (Å²) in [5.41, 5.74) is 2.00. The average molecular weight is 477 g/mol. The SMILES string of the molecule is C[N+]1(C)[C@@H]2CC[C@H]1CC(OC(=O)C(c1ccccc1)c1ccccc1)C2.[I-]. The van der Waals surface area contributed by atoms with Gasteiger partial charge in [0.15, 0.2) is 0 Å². The van der Waals surface area contributed by atoms with E-state index in [4.69, 9.17) is 4.74 Å². The molecule has 4 heteroatoms. The third-order valence-electron chi connectivity index (χ3n) is 6.57. The predicted molar refractivity (Wildman–Crippen MR) is 103 cm³/mol. The fourth-order valence-electron chi connectivity index (χ4n) is 4.91. The van der Waals surface area contributed by atoms with E-state index in [9.17, 15) is 4.79 Å². The van der Waals surface area contributed by atoms with E-state index >= 15 is 0 Å². The van der Waals surface area contributed by atoms with Gasteiger partial charge in [0.2, 0.25) is 0 Å². The second kappa shape index (κ2) is 8.31.